The van der Waals surface area contributed by atoms with Crippen LogP contribution in [0.2, 0.25) is 0 Å². The molecule has 1 rings (SSSR count). The number of aromatic nitrogens is 2. The molecule has 1 N–H and O–H groups in total. The molecule has 1 atom stereocenters. The zero-order valence-electron chi connectivity index (χ0n) is 7.14. The summed E-state index contributed by atoms with van der Waals surface area (Å²) in [6.07, 6.45) is 4.77. The van der Waals surface area contributed by atoms with Crippen molar-refractivity contribution >= 4 is 5.97 Å². The molecule has 0 spiro atoms. The van der Waals surface area contributed by atoms with E-state index >= 15 is 0 Å². The van der Waals surface area contributed by atoms with Crippen LogP contribution in [0.3, 0.4) is 0 Å². The van der Waals surface area contributed by atoms with E-state index in [4.69, 9.17) is 5.11 Å². The van der Waals surface area contributed by atoms with E-state index in [2.05, 4.69) is 4.98 Å². The highest BCUT2D eigenvalue weighted by Gasteiger charge is 2.22. The van der Waals surface area contributed by atoms with Crippen molar-refractivity contribution in [2.24, 2.45) is 5.92 Å². The van der Waals surface area contributed by atoms with Gasteiger partial charge in [-0.05, 0) is 5.92 Å². The summed E-state index contributed by atoms with van der Waals surface area (Å²) in [7, 11) is 0. The van der Waals surface area contributed by atoms with Gasteiger partial charge in [-0.25, -0.2) is 9.78 Å². The first-order chi connectivity index (χ1) is 5.63. The zero-order valence-corrected chi connectivity index (χ0v) is 7.14. The van der Waals surface area contributed by atoms with Gasteiger partial charge < -0.3 is 9.67 Å². The van der Waals surface area contributed by atoms with E-state index in [0.29, 0.717) is 0 Å². The number of aliphatic carboxylic acids is 1. The second kappa shape index (κ2) is 3.38. The number of carboxylic acid groups (broad SMARTS) is 1. The minimum absolute atomic E-state index is 0.0664. The van der Waals surface area contributed by atoms with Crippen molar-refractivity contribution in [3.8, 4) is 0 Å². The lowest BCUT2D eigenvalue weighted by atomic mass is 10.1. The van der Waals surface area contributed by atoms with Crippen molar-refractivity contribution in [2.45, 2.75) is 19.9 Å². The number of hydrogen-bond acceptors (Lipinski definition) is 2. The van der Waals surface area contributed by atoms with E-state index in [1.165, 1.54) is 6.33 Å². The molecule has 0 bridgehead atoms. The lowest BCUT2D eigenvalue weighted by Crippen LogP contribution is -2.22. The Morgan fingerprint density at radius 2 is 2.25 bits per heavy atom. The topological polar surface area (TPSA) is 55.1 Å². The van der Waals surface area contributed by atoms with Crippen molar-refractivity contribution in [1.29, 1.82) is 0 Å². The van der Waals surface area contributed by atoms with Crippen LogP contribution in [0.4, 0.5) is 0 Å². The van der Waals surface area contributed by atoms with E-state index in [-0.39, 0.29) is 5.92 Å². The Hall–Kier alpha value is -1.32. The molecule has 1 aromatic rings. The predicted molar refractivity (Wildman–Crippen MR) is 43.7 cm³/mol. The van der Waals surface area contributed by atoms with Gasteiger partial charge in [0.05, 0.1) is 6.33 Å². The number of nitrogens with zero attached hydrogens (tertiary/aromatic N) is 2. The van der Waals surface area contributed by atoms with Crippen LogP contribution in [-0.4, -0.2) is 20.6 Å². The molecule has 0 aromatic carbocycles. The van der Waals surface area contributed by atoms with Crippen molar-refractivity contribution in [1.82, 2.24) is 9.55 Å². The predicted octanol–water partition coefficient (Wildman–Crippen LogP) is 1.16. The molecule has 4 heteroatoms. The number of carboxylic acids is 1. The first-order valence-electron chi connectivity index (χ1n) is 3.83. The van der Waals surface area contributed by atoms with Crippen LogP contribution in [0.1, 0.15) is 19.9 Å². The molecule has 66 valence electrons. The number of imidazole rings is 1. The Bertz CT molecular complexity index is 254. The average Bonchev–Trinajstić information content (AvgIpc) is 2.37. The normalized spacial score (nSPS) is 13.2. The summed E-state index contributed by atoms with van der Waals surface area (Å²) < 4.78 is 1.60. The quantitative estimate of drug-likeness (QED) is 0.736. The van der Waals surface area contributed by atoms with Crippen LogP contribution in [0.25, 0.3) is 0 Å². The van der Waals surface area contributed by atoms with Gasteiger partial charge in [0.25, 0.3) is 0 Å². The lowest BCUT2D eigenvalue weighted by molar-refractivity contribution is -0.142. The summed E-state index contributed by atoms with van der Waals surface area (Å²) in [5.41, 5.74) is 0. The van der Waals surface area contributed by atoms with Gasteiger partial charge in [-0.3, -0.25) is 0 Å². The van der Waals surface area contributed by atoms with Crippen molar-refractivity contribution in [3.63, 3.8) is 0 Å². The lowest BCUT2D eigenvalue weighted by Gasteiger charge is -2.16. The van der Waals surface area contributed by atoms with Crippen LogP contribution in [-0.2, 0) is 4.79 Å². The fourth-order valence-electron chi connectivity index (χ4n) is 1.19. The third-order valence-electron chi connectivity index (χ3n) is 1.73. The second-order valence-electron chi connectivity index (χ2n) is 3.04. The Kier molecular flexibility index (Phi) is 2.47. The first-order valence-corrected chi connectivity index (χ1v) is 3.83. The first kappa shape index (κ1) is 8.77. The highest BCUT2D eigenvalue weighted by Crippen LogP contribution is 2.16. The van der Waals surface area contributed by atoms with Crippen molar-refractivity contribution in [2.75, 3.05) is 0 Å². The molecule has 0 saturated heterocycles. The average molecular weight is 168 g/mol. The molecular weight excluding hydrogens is 156 g/mol. The molecule has 0 saturated carbocycles. The molecule has 0 aliphatic carbocycles. The van der Waals surface area contributed by atoms with Crippen molar-refractivity contribution < 1.29 is 9.90 Å². The summed E-state index contributed by atoms with van der Waals surface area (Å²) in [6.45, 7) is 3.75. The SMILES string of the molecule is CC(C)[C@H](C(=O)O)n1ccnc1. The number of rotatable bonds is 3. The second-order valence-corrected chi connectivity index (χ2v) is 3.04. The summed E-state index contributed by atoms with van der Waals surface area (Å²) in [5, 5.41) is 8.87. The zero-order chi connectivity index (χ0) is 9.14. The smallest absolute Gasteiger partial charge is 0.326 e. The van der Waals surface area contributed by atoms with Gasteiger partial charge in [-0.1, -0.05) is 13.8 Å². The maximum Gasteiger partial charge on any atom is 0.326 e. The van der Waals surface area contributed by atoms with Crippen molar-refractivity contribution in [3.05, 3.63) is 18.7 Å². The molecule has 1 aromatic heterocycles. The summed E-state index contributed by atoms with van der Waals surface area (Å²) >= 11 is 0. The molecule has 0 aliphatic rings. The van der Waals surface area contributed by atoms with Gasteiger partial charge in [0.2, 0.25) is 0 Å². The highest BCUT2D eigenvalue weighted by molar-refractivity contribution is 5.72. The summed E-state index contributed by atoms with van der Waals surface area (Å²) in [5.74, 6) is -0.750. The van der Waals surface area contributed by atoms with Gasteiger partial charge in [-0.15, -0.1) is 0 Å². The Labute approximate surface area is 70.9 Å². The molecule has 0 aliphatic heterocycles. The standard InChI is InChI=1S/C8H12N2O2/c1-6(2)7(8(11)12)10-4-3-9-5-10/h3-7H,1-2H3,(H,11,12)/t7-/m1/s1. The Balaban J connectivity index is 2.88. The molecule has 0 fully saturated rings. The third-order valence-corrected chi connectivity index (χ3v) is 1.73. The van der Waals surface area contributed by atoms with Crippen LogP contribution in [0.5, 0.6) is 0 Å². The van der Waals surface area contributed by atoms with E-state index in [0.717, 1.165) is 0 Å². The fraction of sp³-hybridized carbons (Fsp3) is 0.500. The number of hydrogen-bond donors (Lipinski definition) is 1. The molecule has 12 heavy (non-hydrogen) atoms. The van der Waals surface area contributed by atoms with E-state index in [9.17, 15) is 4.79 Å². The van der Waals surface area contributed by atoms with Gasteiger partial charge in [-0.2, -0.15) is 0 Å². The van der Waals surface area contributed by atoms with Crippen LogP contribution in [0, 0.1) is 5.92 Å². The minimum Gasteiger partial charge on any atom is -0.480 e. The van der Waals surface area contributed by atoms with E-state index < -0.39 is 12.0 Å². The molecule has 1 heterocycles. The maximum atomic E-state index is 10.8. The summed E-state index contributed by atoms with van der Waals surface area (Å²) in [6, 6.07) is -0.507. The van der Waals surface area contributed by atoms with Gasteiger partial charge in [0, 0.05) is 12.4 Å². The van der Waals surface area contributed by atoms with Crippen LogP contribution in [0.15, 0.2) is 18.7 Å². The molecule has 0 unspecified atom stereocenters. The monoisotopic (exact) mass is 168 g/mol. The highest BCUT2D eigenvalue weighted by atomic mass is 16.4. The van der Waals surface area contributed by atoms with E-state index in [1.807, 2.05) is 13.8 Å². The van der Waals surface area contributed by atoms with Crippen LogP contribution < -0.4 is 0 Å². The van der Waals surface area contributed by atoms with Crippen LogP contribution >= 0.6 is 0 Å². The minimum atomic E-state index is -0.817. The molecular formula is C8H12N2O2. The molecule has 0 radical (unpaired) electrons. The summed E-state index contributed by atoms with van der Waals surface area (Å²) in [4.78, 5) is 14.6. The Morgan fingerprint density at radius 3 is 2.58 bits per heavy atom. The Morgan fingerprint density at radius 1 is 1.58 bits per heavy atom. The van der Waals surface area contributed by atoms with Gasteiger partial charge in [0.1, 0.15) is 6.04 Å². The van der Waals surface area contributed by atoms with E-state index in [1.54, 1.807) is 17.0 Å². The maximum absolute atomic E-state index is 10.8. The number of carbonyl (C=O) groups is 1. The molecule has 0 amide bonds. The van der Waals surface area contributed by atoms with Gasteiger partial charge >= 0.3 is 5.97 Å². The third kappa shape index (κ3) is 1.64. The molecule has 4 nitrogen and oxygen atoms in total. The largest absolute Gasteiger partial charge is 0.480 e. The fourth-order valence-corrected chi connectivity index (χ4v) is 1.19. The van der Waals surface area contributed by atoms with Gasteiger partial charge in [0.15, 0.2) is 0 Å².